The molecule has 2 rings (SSSR count). The number of aliphatic hydroxyl groups excluding tert-OH is 3. The van der Waals surface area contributed by atoms with Gasteiger partial charge in [-0.25, -0.2) is 9.59 Å². The van der Waals surface area contributed by atoms with Crippen LogP contribution in [0.25, 0.3) is 0 Å². The van der Waals surface area contributed by atoms with Crippen molar-refractivity contribution in [3.05, 3.63) is 35.3 Å². The van der Waals surface area contributed by atoms with Gasteiger partial charge in [0, 0.05) is 0 Å². The molecule has 0 fully saturated rings. The SMILES string of the molecule is [2H]c1c(C(=O)O[C@@H]([C@H](OC(=O)c2cc(O)c(O)c(O)c2[2H])[C@@H](O)C=O)[C@H](O)CO)cc(O)c(O)c1O. The summed E-state index contributed by atoms with van der Waals surface area (Å²) in [6.45, 7) is -1.21. The first-order chi connectivity index (χ1) is 16.8. The van der Waals surface area contributed by atoms with Crippen molar-refractivity contribution in [1.29, 1.82) is 0 Å². The number of aldehydes is 1. The van der Waals surface area contributed by atoms with E-state index in [9.17, 15) is 60.3 Å². The van der Waals surface area contributed by atoms with E-state index in [1.807, 2.05) is 0 Å². The highest BCUT2D eigenvalue weighted by Crippen LogP contribution is 2.37. The molecule has 14 nitrogen and oxygen atoms in total. The van der Waals surface area contributed by atoms with Crippen LogP contribution in [0.2, 0.25) is 0 Å². The maximum atomic E-state index is 12.6. The summed E-state index contributed by atoms with van der Waals surface area (Å²) in [4.78, 5) is 36.4. The van der Waals surface area contributed by atoms with Crippen LogP contribution in [0.15, 0.2) is 24.2 Å². The van der Waals surface area contributed by atoms with Crippen LogP contribution in [0.4, 0.5) is 0 Å². The third kappa shape index (κ3) is 5.55. The zero-order chi connectivity index (χ0) is 27.5. The topological polar surface area (TPSA) is 252 Å². The number of aromatic hydroxyl groups is 6. The number of aliphatic hydroxyl groups is 3. The number of ether oxygens (including phenoxy) is 2. The van der Waals surface area contributed by atoms with Crippen molar-refractivity contribution in [3.63, 3.8) is 0 Å². The largest absolute Gasteiger partial charge is 0.504 e. The minimum atomic E-state index is -2.35. The molecule has 0 aliphatic rings. The van der Waals surface area contributed by atoms with Gasteiger partial charge in [-0.15, -0.1) is 0 Å². The molecule has 0 amide bonds. The molecule has 2 aromatic carbocycles. The normalized spacial score (nSPS) is 15.3. The predicted octanol–water partition coefficient (Wildman–Crippen LogP) is -1.42. The summed E-state index contributed by atoms with van der Waals surface area (Å²) in [6.07, 6.45) is -9.31. The van der Waals surface area contributed by atoms with Crippen molar-refractivity contribution in [2.75, 3.05) is 6.61 Å². The van der Waals surface area contributed by atoms with Gasteiger partial charge in [-0.2, -0.15) is 0 Å². The molecule has 0 aromatic heterocycles. The van der Waals surface area contributed by atoms with Crippen LogP contribution in [0.1, 0.15) is 23.5 Å². The average Bonchev–Trinajstić information content (AvgIpc) is 2.86. The number of phenols is 6. The number of carbonyl (C=O) groups is 3. The molecule has 2 aromatic rings. The monoisotopic (exact) mass is 486 g/mol. The van der Waals surface area contributed by atoms with E-state index in [1.54, 1.807) is 0 Å². The van der Waals surface area contributed by atoms with E-state index >= 15 is 0 Å². The van der Waals surface area contributed by atoms with Gasteiger partial charge < -0.3 is 60.2 Å². The Labute approximate surface area is 192 Å². The van der Waals surface area contributed by atoms with Gasteiger partial charge in [-0.1, -0.05) is 0 Å². The number of esters is 2. The molecule has 0 heterocycles. The van der Waals surface area contributed by atoms with Crippen LogP contribution in [-0.4, -0.2) is 95.2 Å². The number of phenolic OH excluding ortho intramolecular Hbond substituents is 6. The fraction of sp³-hybridized carbons (Fsp3) is 0.250. The van der Waals surface area contributed by atoms with E-state index in [4.69, 9.17) is 12.2 Å². The summed E-state index contributed by atoms with van der Waals surface area (Å²) in [5, 5.41) is 86.9. The number of benzene rings is 2. The molecule has 9 N–H and O–H groups in total. The molecule has 0 saturated carbocycles. The van der Waals surface area contributed by atoms with Crippen LogP contribution in [0.5, 0.6) is 34.5 Å². The summed E-state index contributed by atoms with van der Waals surface area (Å²) < 4.78 is 25.1. The van der Waals surface area contributed by atoms with E-state index in [0.29, 0.717) is 12.1 Å². The Morgan fingerprint density at radius 3 is 1.62 bits per heavy atom. The van der Waals surface area contributed by atoms with Crippen molar-refractivity contribution in [1.82, 2.24) is 0 Å². The second kappa shape index (κ2) is 10.6. The molecule has 0 spiro atoms. The van der Waals surface area contributed by atoms with Gasteiger partial charge in [0.25, 0.3) is 0 Å². The molecule has 0 bridgehead atoms. The number of rotatable bonds is 9. The molecular weight excluding hydrogens is 464 g/mol. The lowest BCUT2D eigenvalue weighted by atomic mass is 10.0. The smallest absolute Gasteiger partial charge is 0.338 e. The van der Waals surface area contributed by atoms with Gasteiger partial charge in [0.15, 0.2) is 53.0 Å². The van der Waals surface area contributed by atoms with Crippen LogP contribution < -0.4 is 0 Å². The van der Waals surface area contributed by atoms with Crippen LogP contribution in [0.3, 0.4) is 0 Å². The maximum Gasteiger partial charge on any atom is 0.338 e. The lowest BCUT2D eigenvalue weighted by molar-refractivity contribution is -0.140. The van der Waals surface area contributed by atoms with E-state index < -0.39 is 101 Å². The molecule has 184 valence electrons. The summed E-state index contributed by atoms with van der Waals surface area (Å²) >= 11 is 0. The van der Waals surface area contributed by atoms with E-state index in [1.165, 1.54) is 0 Å². The van der Waals surface area contributed by atoms with Crippen molar-refractivity contribution < 1.29 is 72.6 Å². The second-order valence-electron chi connectivity index (χ2n) is 6.65. The third-order valence-corrected chi connectivity index (χ3v) is 4.29. The van der Waals surface area contributed by atoms with Crippen LogP contribution >= 0.6 is 0 Å². The van der Waals surface area contributed by atoms with Crippen molar-refractivity contribution >= 4 is 18.2 Å². The Balaban J connectivity index is 2.49. The molecule has 34 heavy (non-hydrogen) atoms. The standard InChI is InChI=1S/C20H20O14/c21-5-13(27)17(33-19(31)7-1-9(23)15(29)10(24)2-7)18(14(28)6-22)34-20(32)8-3-11(25)16(30)12(26)4-8/h1-5,13-14,17-18,22-30H,6H2/t13-,14+,17+,18+/m0/s1/i1D,3D. The minimum absolute atomic E-state index is 0.218. The summed E-state index contributed by atoms with van der Waals surface area (Å²) in [6, 6.07) is -1.12. The summed E-state index contributed by atoms with van der Waals surface area (Å²) in [5.41, 5.74) is -1.80. The highest BCUT2D eigenvalue weighted by Gasteiger charge is 2.40. The van der Waals surface area contributed by atoms with Gasteiger partial charge in [0.1, 0.15) is 12.2 Å². The van der Waals surface area contributed by atoms with Gasteiger partial charge >= 0.3 is 11.9 Å². The quantitative estimate of drug-likeness (QED) is 0.112. The molecular formula is C20H20O14. The van der Waals surface area contributed by atoms with Crippen LogP contribution in [0, 0.1) is 0 Å². The maximum absolute atomic E-state index is 12.6. The van der Waals surface area contributed by atoms with E-state index in [2.05, 4.69) is 0 Å². The van der Waals surface area contributed by atoms with Crippen molar-refractivity contribution in [2.45, 2.75) is 24.4 Å². The minimum Gasteiger partial charge on any atom is -0.504 e. The third-order valence-electron chi connectivity index (χ3n) is 4.29. The Bertz CT molecular complexity index is 1180. The average molecular weight is 486 g/mol. The van der Waals surface area contributed by atoms with Gasteiger partial charge in [0.2, 0.25) is 0 Å². The van der Waals surface area contributed by atoms with Gasteiger partial charge in [-0.3, -0.25) is 0 Å². The Kier molecular flexibility index (Phi) is 7.12. The first-order valence-corrected chi connectivity index (χ1v) is 9.09. The fourth-order valence-electron chi connectivity index (χ4n) is 2.57. The highest BCUT2D eigenvalue weighted by atomic mass is 16.6. The lowest BCUT2D eigenvalue weighted by Gasteiger charge is -2.30. The van der Waals surface area contributed by atoms with E-state index in [0.717, 1.165) is 0 Å². The highest BCUT2D eigenvalue weighted by molar-refractivity contribution is 5.92. The number of carbonyl (C=O) groups excluding carboxylic acids is 3. The molecule has 4 atom stereocenters. The van der Waals surface area contributed by atoms with Gasteiger partial charge in [-0.05, 0) is 24.2 Å². The fourth-order valence-corrected chi connectivity index (χ4v) is 2.57. The molecule has 0 radical (unpaired) electrons. The molecule has 14 heteroatoms. The zero-order valence-corrected chi connectivity index (χ0v) is 16.8. The van der Waals surface area contributed by atoms with E-state index in [-0.39, 0.29) is 6.29 Å². The Morgan fingerprint density at radius 2 is 1.24 bits per heavy atom. The predicted molar refractivity (Wildman–Crippen MR) is 106 cm³/mol. The summed E-state index contributed by atoms with van der Waals surface area (Å²) in [5.74, 6) is -10.1. The number of hydrogen-bond acceptors (Lipinski definition) is 14. The lowest BCUT2D eigenvalue weighted by Crippen LogP contribution is -2.51. The molecule has 0 aliphatic heterocycles. The Hall–Kier alpha value is -4.27. The first-order valence-electron chi connectivity index (χ1n) is 10.1. The molecule has 0 saturated heterocycles. The Morgan fingerprint density at radius 1 is 0.824 bits per heavy atom. The zero-order valence-electron chi connectivity index (χ0n) is 18.8. The summed E-state index contributed by atoms with van der Waals surface area (Å²) in [7, 11) is 0. The first kappa shape index (κ1) is 22.9. The second-order valence-corrected chi connectivity index (χ2v) is 6.65. The number of hydrogen-bond donors (Lipinski definition) is 9. The molecule has 0 unspecified atom stereocenters. The van der Waals surface area contributed by atoms with Crippen LogP contribution in [-0.2, 0) is 14.3 Å². The van der Waals surface area contributed by atoms with Gasteiger partial charge in [0.05, 0.1) is 20.5 Å². The van der Waals surface area contributed by atoms with Crippen molar-refractivity contribution in [2.24, 2.45) is 0 Å². The molecule has 0 aliphatic carbocycles. The van der Waals surface area contributed by atoms with Crippen molar-refractivity contribution in [3.8, 4) is 34.5 Å².